The highest BCUT2D eigenvalue weighted by Crippen LogP contribution is 2.19. The van der Waals surface area contributed by atoms with Gasteiger partial charge in [0.25, 0.3) is 0 Å². The molecule has 94 valence electrons. The molecule has 0 amide bonds. The summed E-state index contributed by atoms with van der Waals surface area (Å²) < 4.78 is 2.73. The van der Waals surface area contributed by atoms with E-state index in [9.17, 15) is 0 Å². The largest absolute Gasteiger partial charge is 0.200 e. The van der Waals surface area contributed by atoms with Crippen molar-refractivity contribution in [3.63, 3.8) is 0 Å². The number of benzene rings is 1. The molecular formula is C13H9BrN4S. The van der Waals surface area contributed by atoms with Crippen molar-refractivity contribution in [2.24, 2.45) is 5.10 Å². The summed E-state index contributed by atoms with van der Waals surface area (Å²) in [5.41, 5.74) is 0.990. The first-order valence-electron chi connectivity index (χ1n) is 5.57. The van der Waals surface area contributed by atoms with Crippen LogP contribution in [0.3, 0.4) is 0 Å². The number of hydrogen-bond acceptors (Lipinski definition) is 4. The fourth-order valence-corrected chi connectivity index (χ4v) is 2.90. The molecule has 1 aromatic carbocycles. The summed E-state index contributed by atoms with van der Waals surface area (Å²) >= 11 is 5.04. The van der Waals surface area contributed by atoms with E-state index in [1.807, 2.05) is 41.8 Å². The van der Waals surface area contributed by atoms with Gasteiger partial charge in [0, 0.05) is 20.3 Å². The zero-order valence-corrected chi connectivity index (χ0v) is 12.2. The van der Waals surface area contributed by atoms with Crippen molar-refractivity contribution in [3.05, 3.63) is 57.5 Å². The van der Waals surface area contributed by atoms with Gasteiger partial charge in [0.05, 0.1) is 6.21 Å². The minimum Gasteiger partial charge on any atom is -0.200 e. The van der Waals surface area contributed by atoms with Crippen molar-refractivity contribution in [1.29, 1.82) is 0 Å². The average molecular weight is 333 g/mol. The molecule has 0 spiro atoms. The van der Waals surface area contributed by atoms with E-state index in [0.717, 1.165) is 20.7 Å². The summed E-state index contributed by atoms with van der Waals surface area (Å²) in [4.78, 5) is 1.07. The summed E-state index contributed by atoms with van der Waals surface area (Å²) in [6.07, 6.45) is 3.40. The first kappa shape index (κ1) is 12.3. The number of nitrogens with zero attached hydrogens (tertiary/aromatic N) is 4. The van der Waals surface area contributed by atoms with E-state index in [-0.39, 0.29) is 0 Å². The van der Waals surface area contributed by atoms with Crippen molar-refractivity contribution in [1.82, 2.24) is 14.9 Å². The molecule has 2 heterocycles. The van der Waals surface area contributed by atoms with E-state index in [1.54, 1.807) is 28.6 Å². The Bertz CT molecular complexity index is 702. The van der Waals surface area contributed by atoms with Gasteiger partial charge < -0.3 is 0 Å². The molecule has 19 heavy (non-hydrogen) atoms. The molecule has 0 radical (unpaired) electrons. The van der Waals surface area contributed by atoms with Gasteiger partial charge in [-0.15, -0.1) is 21.5 Å². The molecule has 6 heteroatoms. The van der Waals surface area contributed by atoms with Gasteiger partial charge in [-0.25, -0.2) is 0 Å². The molecule has 0 saturated carbocycles. The van der Waals surface area contributed by atoms with Crippen molar-refractivity contribution in [2.45, 2.75) is 0 Å². The topological polar surface area (TPSA) is 43.1 Å². The Labute approximate surface area is 122 Å². The van der Waals surface area contributed by atoms with Crippen molar-refractivity contribution in [2.75, 3.05) is 0 Å². The molecule has 0 fully saturated rings. The molecule has 0 unspecified atom stereocenters. The zero-order chi connectivity index (χ0) is 13.1. The Hall–Kier alpha value is -1.79. The van der Waals surface area contributed by atoms with Crippen LogP contribution >= 0.6 is 27.3 Å². The smallest absolute Gasteiger partial charge is 0.184 e. The van der Waals surface area contributed by atoms with E-state index in [0.29, 0.717) is 0 Å². The van der Waals surface area contributed by atoms with Crippen LogP contribution in [0.25, 0.3) is 11.4 Å². The molecule has 3 rings (SSSR count). The molecule has 0 aliphatic carbocycles. The van der Waals surface area contributed by atoms with Gasteiger partial charge in [-0.2, -0.15) is 9.78 Å². The quantitative estimate of drug-likeness (QED) is 0.687. The Balaban J connectivity index is 1.91. The number of hydrogen-bond donors (Lipinski definition) is 0. The molecule has 0 aliphatic heterocycles. The third kappa shape index (κ3) is 2.80. The van der Waals surface area contributed by atoms with Gasteiger partial charge in [-0.1, -0.05) is 30.3 Å². The molecule has 3 aromatic rings. The van der Waals surface area contributed by atoms with E-state index in [1.165, 1.54) is 0 Å². The van der Waals surface area contributed by atoms with E-state index in [2.05, 4.69) is 31.2 Å². The van der Waals surface area contributed by atoms with Gasteiger partial charge in [-0.3, -0.25) is 0 Å². The molecule has 0 bridgehead atoms. The fraction of sp³-hybridized carbons (Fsp3) is 0. The Kier molecular flexibility index (Phi) is 3.52. The molecule has 4 nitrogen and oxygen atoms in total. The maximum Gasteiger partial charge on any atom is 0.184 e. The van der Waals surface area contributed by atoms with Gasteiger partial charge in [0.15, 0.2) is 5.82 Å². The number of thiophene rings is 1. The van der Waals surface area contributed by atoms with Crippen LogP contribution in [-0.2, 0) is 0 Å². The molecule has 0 aliphatic rings. The lowest BCUT2D eigenvalue weighted by atomic mass is 10.2. The standard InChI is InChI=1S/C13H9BrN4S/c14-11-6-12(19-8-11)7-16-18-9-15-17-13(18)10-4-2-1-3-5-10/h1-9H/b16-7-. The molecule has 0 saturated heterocycles. The van der Waals surface area contributed by atoms with Crippen LogP contribution in [0.1, 0.15) is 4.88 Å². The lowest BCUT2D eigenvalue weighted by Crippen LogP contribution is -1.92. The maximum absolute atomic E-state index is 4.38. The third-order valence-corrected chi connectivity index (χ3v) is 4.09. The highest BCUT2D eigenvalue weighted by atomic mass is 79.9. The Morgan fingerprint density at radius 3 is 2.84 bits per heavy atom. The van der Waals surface area contributed by atoms with E-state index in [4.69, 9.17) is 0 Å². The van der Waals surface area contributed by atoms with Gasteiger partial charge in [0.1, 0.15) is 6.33 Å². The lowest BCUT2D eigenvalue weighted by molar-refractivity contribution is 0.888. The van der Waals surface area contributed by atoms with Gasteiger partial charge in [0.2, 0.25) is 0 Å². The van der Waals surface area contributed by atoms with Crippen molar-refractivity contribution in [3.8, 4) is 11.4 Å². The summed E-state index contributed by atoms with van der Waals surface area (Å²) in [5, 5.41) is 14.4. The Morgan fingerprint density at radius 2 is 2.11 bits per heavy atom. The van der Waals surface area contributed by atoms with Crippen LogP contribution in [0.15, 0.2) is 57.7 Å². The summed E-state index contributed by atoms with van der Waals surface area (Å²) in [5.74, 6) is 0.729. The minimum atomic E-state index is 0.729. The third-order valence-electron chi connectivity index (χ3n) is 2.46. The summed E-state index contributed by atoms with van der Waals surface area (Å²) in [6, 6.07) is 11.9. The molecule has 0 atom stereocenters. The van der Waals surface area contributed by atoms with E-state index < -0.39 is 0 Å². The first-order chi connectivity index (χ1) is 9.33. The number of aromatic nitrogens is 3. The maximum atomic E-state index is 4.38. The highest BCUT2D eigenvalue weighted by molar-refractivity contribution is 9.10. The van der Waals surface area contributed by atoms with Crippen LogP contribution in [0.2, 0.25) is 0 Å². The van der Waals surface area contributed by atoms with Gasteiger partial charge >= 0.3 is 0 Å². The predicted octanol–water partition coefficient (Wildman–Crippen LogP) is 3.65. The fourth-order valence-electron chi connectivity index (χ4n) is 1.61. The number of halogens is 1. The van der Waals surface area contributed by atoms with Crippen LogP contribution in [-0.4, -0.2) is 21.1 Å². The minimum absolute atomic E-state index is 0.729. The SMILES string of the molecule is Brc1csc(/C=N\n2cnnc2-c2ccccc2)c1. The average Bonchev–Trinajstić information content (AvgIpc) is 3.06. The monoisotopic (exact) mass is 332 g/mol. The second-order valence-electron chi connectivity index (χ2n) is 3.78. The molecule has 0 N–H and O–H groups in total. The first-order valence-corrected chi connectivity index (χ1v) is 7.24. The Morgan fingerprint density at radius 1 is 1.26 bits per heavy atom. The summed E-state index contributed by atoms with van der Waals surface area (Å²) in [6.45, 7) is 0. The van der Waals surface area contributed by atoms with Crippen LogP contribution < -0.4 is 0 Å². The molecular weight excluding hydrogens is 324 g/mol. The predicted molar refractivity (Wildman–Crippen MR) is 80.5 cm³/mol. The van der Waals surface area contributed by atoms with E-state index >= 15 is 0 Å². The van der Waals surface area contributed by atoms with Crippen LogP contribution in [0.4, 0.5) is 0 Å². The summed E-state index contributed by atoms with van der Waals surface area (Å²) in [7, 11) is 0. The van der Waals surface area contributed by atoms with Gasteiger partial charge in [-0.05, 0) is 22.0 Å². The van der Waals surface area contributed by atoms with Crippen LogP contribution in [0.5, 0.6) is 0 Å². The highest BCUT2D eigenvalue weighted by Gasteiger charge is 2.05. The van der Waals surface area contributed by atoms with Crippen LogP contribution in [0, 0.1) is 0 Å². The molecule has 2 aromatic heterocycles. The zero-order valence-electron chi connectivity index (χ0n) is 9.77. The second-order valence-corrected chi connectivity index (χ2v) is 5.64. The van der Waals surface area contributed by atoms with Crippen molar-refractivity contribution < 1.29 is 0 Å². The van der Waals surface area contributed by atoms with Crippen molar-refractivity contribution >= 4 is 33.5 Å². The normalized spacial score (nSPS) is 11.2. The lowest BCUT2D eigenvalue weighted by Gasteiger charge is -1.99. The second kappa shape index (κ2) is 5.46. The number of rotatable bonds is 3.